The molecule has 0 aliphatic carbocycles. The number of methoxy groups -OCH3 is 1. The Morgan fingerprint density at radius 3 is 2.77 bits per heavy atom. The number of nitrogens with one attached hydrogen (secondary N) is 2. The van der Waals surface area contributed by atoms with Crippen LogP contribution in [0, 0.1) is 29.9 Å². The summed E-state index contributed by atoms with van der Waals surface area (Å²) in [5.41, 5.74) is 1.02. The fourth-order valence-electron chi connectivity index (χ4n) is 3.44. The number of piperidine rings is 1. The van der Waals surface area contributed by atoms with Crippen molar-refractivity contribution in [3.8, 4) is 5.75 Å². The highest BCUT2D eigenvalue weighted by atomic mass is 32.1. The average Bonchev–Trinajstić information content (AvgIpc) is 3.04. The van der Waals surface area contributed by atoms with E-state index in [0.717, 1.165) is 17.0 Å². The first-order valence-electron chi connectivity index (χ1n) is 9.86. The van der Waals surface area contributed by atoms with Gasteiger partial charge in [-0.05, 0) is 39.3 Å². The SMILES string of the molecule is COc1ccc([N+](=O)[O-])cc1NC(=O)C1CCCN(CC(=O)Nc2nc(C)c(C)s2)C1. The van der Waals surface area contributed by atoms with E-state index < -0.39 is 4.92 Å². The van der Waals surface area contributed by atoms with E-state index in [-0.39, 0.29) is 35.7 Å². The Morgan fingerprint density at radius 1 is 1.35 bits per heavy atom. The number of hydrogen-bond donors (Lipinski definition) is 2. The number of anilines is 2. The Bertz CT molecular complexity index is 973. The van der Waals surface area contributed by atoms with Gasteiger partial charge < -0.3 is 15.4 Å². The van der Waals surface area contributed by atoms with Crippen LogP contribution in [0.1, 0.15) is 23.4 Å². The highest BCUT2D eigenvalue weighted by Gasteiger charge is 2.28. The monoisotopic (exact) mass is 447 g/mol. The van der Waals surface area contributed by atoms with Crippen molar-refractivity contribution in [3.63, 3.8) is 0 Å². The van der Waals surface area contributed by atoms with Crippen LogP contribution in [0.25, 0.3) is 0 Å². The fourth-order valence-corrected chi connectivity index (χ4v) is 4.27. The number of likely N-dealkylation sites (tertiary alicyclic amines) is 1. The van der Waals surface area contributed by atoms with E-state index in [4.69, 9.17) is 4.74 Å². The molecule has 2 amide bonds. The molecule has 11 heteroatoms. The predicted molar refractivity (Wildman–Crippen MR) is 118 cm³/mol. The van der Waals surface area contributed by atoms with Gasteiger partial charge in [-0.2, -0.15) is 0 Å². The molecule has 1 aromatic heterocycles. The number of aryl methyl sites for hydroxylation is 2. The van der Waals surface area contributed by atoms with Gasteiger partial charge in [-0.1, -0.05) is 0 Å². The van der Waals surface area contributed by atoms with Crippen molar-refractivity contribution in [2.75, 3.05) is 37.4 Å². The summed E-state index contributed by atoms with van der Waals surface area (Å²) in [5, 5.41) is 17.2. The van der Waals surface area contributed by atoms with Crippen LogP contribution in [0.15, 0.2) is 18.2 Å². The summed E-state index contributed by atoms with van der Waals surface area (Å²) < 4.78 is 5.20. The molecule has 10 nitrogen and oxygen atoms in total. The highest BCUT2D eigenvalue weighted by molar-refractivity contribution is 7.15. The Labute approximate surface area is 183 Å². The van der Waals surface area contributed by atoms with Crippen molar-refractivity contribution in [2.24, 2.45) is 5.92 Å². The number of amides is 2. The largest absolute Gasteiger partial charge is 0.495 e. The number of carbonyl (C=O) groups excluding carboxylic acids is 2. The number of carbonyl (C=O) groups is 2. The lowest BCUT2D eigenvalue weighted by molar-refractivity contribution is -0.384. The van der Waals surface area contributed by atoms with E-state index in [2.05, 4.69) is 15.6 Å². The summed E-state index contributed by atoms with van der Waals surface area (Å²) in [7, 11) is 1.43. The maximum atomic E-state index is 12.8. The van der Waals surface area contributed by atoms with Crippen LogP contribution in [0.2, 0.25) is 0 Å². The number of aromatic nitrogens is 1. The highest BCUT2D eigenvalue weighted by Crippen LogP contribution is 2.30. The van der Waals surface area contributed by atoms with Gasteiger partial charge in [-0.3, -0.25) is 24.6 Å². The maximum Gasteiger partial charge on any atom is 0.271 e. The quantitative estimate of drug-likeness (QED) is 0.493. The van der Waals surface area contributed by atoms with Gasteiger partial charge in [-0.15, -0.1) is 11.3 Å². The molecule has 0 saturated carbocycles. The van der Waals surface area contributed by atoms with Crippen molar-refractivity contribution in [3.05, 3.63) is 38.9 Å². The first-order chi connectivity index (χ1) is 14.8. The summed E-state index contributed by atoms with van der Waals surface area (Å²) in [6.45, 7) is 5.15. The number of nitro benzene ring substituents is 1. The minimum atomic E-state index is -0.526. The van der Waals surface area contributed by atoms with Crippen molar-refractivity contribution >= 4 is 39.7 Å². The predicted octanol–water partition coefficient (Wildman–Crippen LogP) is 2.97. The molecule has 2 heterocycles. The summed E-state index contributed by atoms with van der Waals surface area (Å²) in [5.74, 6) is -0.417. The van der Waals surface area contributed by atoms with Crippen LogP contribution in [0.4, 0.5) is 16.5 Å². The normalized spacial score (nSPS) is 16.5. The number of nitro groups is 1. The number of nitrogens with zero attached hydrogens (tertiary/aromatic N) is 3. The van der Waals surface area contributed by atoms with E-state index in [1.54, 1.807) is 0 Å². The second-order valence-electron chi connectivity index (χ2n) is 7.41. The molecule has 2 aromatic rings. The standard InChI is InChI=1S/C20H25N5O5S/c1-12-13(2)31-20(21-12)23-18(26)11-24-8-4-5-14(10-24)19(27)22-16-9-15(25(28)29)6-7-17(16)30-3/h6-7,9,14H,4-5,8,10-11H2,1-3H3,(H,22,27)(H,21,23,26). The molecule has 1 saturated heterocycles. The Hall–Kier alpha value is -3.05. The number of hydrogen-bond acceptors (Lipinski definition) is 8. The molecule has 1 aromatic carbocycles. The van der Waals surface area contributed by atoms with Gasteiger partial charge in [0.2, 0.25) is 11.8 Å². The third kappa shape index (κ3) is 5.76. The molecule has 3 rings (SSSR count). The van der Waals surface area contributed by atoms with Crippen molar-refractivity contribution in [1.82, 2.24) is 9.88 Å². The lowest BCUT2D eigenvalue weighted by Crippen LogP contribution is -2.44. The number of benzene rings is 1. The molecule has 31 heavy (non-hydrogen) atoms. The first kappa shape index (κ1) is 22.6. The molecule has 1 atom stereocenters. The van der Waals surface area contributed by atoms with Crippen LogP contribution < -0.4 is 15.4 Å². The summed E-state index contributed by atoms with van der Waals surface area (Å²) in [6.07, 6.45) is 1.44. The van der Waals surface area contributed by atoms with E-state index in [0.29, 0.717) is 30.4 Å². The molecule has 1 aliphatic rings. The van der Waals surface area contributed by atoms with Crippen molar-refractivity contribution in [2.45, 2.75) is 26.7 Å². The Kier molecular flexibility index (Phi) is 7.18. The first-order valence-corrected chi connectivity index (χ1v) is 10.7. The summed E-state index contributed by atoms with van der Waals surface area (Å²) in [4.78, 5) is 43.0. The van der Waals surface area contributed by atoms with E-state index in [1.807, 2.05) is 18.7 Å². The zero-order chi connectivity index (χ0) is 22.5. The molecule has 166 valence electrons. The number of thiazole rings is 1. The number of ether oxygens (including phenoxy) is 1. The van der Waals surface area contributed by atoms with Gasteiger partial charge in [0, 0.05) is 23.6 Å². The van der Waals surface area contributed by atoms with E-state index >= 15 is 0 Å². The second-order valence-corrected chi connectivity index (χ2v) is 8.62. The fraction of sp³-hybridized carbons (Fsp3) is 0.450. The zero-order valence-corrected chi connectivity index (χ0v) is 18.5. The van der Waals surface area contributed by atoms with Gasteiger partial charge >= 0.3 is 0 Å². The van der Waals surface area contributed by atoms with Gasteiger partial charge in [0.1, 0.15) is 5.75 Å². The third-order valence-electron chi connectivity index (χ3n) is 5.17. The van der Waals surface area contributed by atoms with E-state index in [1.165, 1.54) is 36.6 Å². The molecular formula is C20H25N5O5S. The molecule has 1 unspecified atom stereocenters. The van der Waals surface area contributed by atoms with Gasteiger partial charge in [0.25, 0.3) is 5.69 Å². The molecule has 0 radical (unpaired) electrons. The molecule has 2 N–H and O–H groups in total. The summed E-state index contributed by atoms with van der Waals surface area (Å²) in [6, 6.07) is 4.05. The van der Waals surface area contributed by atoms with Gasteiger partial charge in [0.05, 0.1) is 35.9 Å². The average molecular weight is 448 g/mol. The van der Waals surface area contributed by atoms with Gasteiger partial charge in [-0.25, -0.2) is 4.98 Å². The van der Waals surface area contributed by atoms with Gasteiger partial charge in [0.15, 0.2) is 5.13 Å². The second kappa shape index (κ2) is 9.84. The van der Waals surface area contributed by atoms with Crippen molar-refractivity contribution in [1.29, 1.82) is 0 Å². The summed E-state index contributed by atoms with van der Waals surface area (Å²) >= 11 is 1.43. The molecule has 1 aliphatic heterocycles. The van der Waals surface area contributed by atoms with Crippen LogP contribution in [0.3, 0.4) is 0 Å². The number of non-ortho nitro benzene ring substituents is 1. The van der Waals surface area contributed by atoms with Crippen LogP contribution in [-0.2, 0) is 9.59 Å². The third-order valence-corrected chi connectivity index (χ3v) is 6.16. The number of rotatable bonds is 7. The minimum Gasteiger partial charge on any atom is -0.495 e. The van der Waals surface area contributed by atoms with Crippen LogP contribution in [-0.4, -0.2) is 53.4 Å². The van der Waals surface area contributed by atoms with E-state index in [9.17, 15) is 19.7 Å². The lowest BCUT2D eigenvalue weighted by Gasteiger charge is -2.31. The molecule has 1 fully saturated rings. The molecule has 0 bridgehead atoms. The lowest BCUT2D eigenvalue weighted by atomic mass is 9.97. The zero-order valence-electron chi connectivity index (χ0n) is 17.6. The molecular weight excluding hydrogens is 422 g/mol. The maximum absolute atomic E-state index is 12.8. The topological polar surface area (TPSA) is 127 Å². The van der Waals surface area contributed by atoms with Crippen molar-refractivity contribution < 1.29 is 19.2 Å². The molecule has 0 spiro atoms. The smallest absolute Gasteiger partial charge is 0.271 e. The Balaban J connectivity index is 1.59. The van der Waals surface area contributed by atoms with Crippen LogP contribution in [0.5, 0.6) is 5.75 Å². The van der Waals surface area contributed by atoms with Crippen LogP contribution >= 0.6 is 11.3 Å². The minimum absolute atomic E-state index is 0.134. The Morgan fingerprint density at radius 2 is 2.13 bits per heavy atom.